The molecule has 1 saturated carbocycles. The molecule has 0 aromatic carbocycles. The van der Waals surface area contributed by atoms with E-state index in [0.717, 1.165) is 31.9 Å². The summed E-state index contributed by atoms with van der Waals surface area (Å²) in [6, 6.07) is 0.121. The molecule has 3 nitrogen and oxygen atoms in total. The van der Waals surface area contributed by atoms with Crippen LogP contribution >= 0.6 is 0 Å². The van der Waals surface area contributed by atoms with Crippen LogP contribution in [0.1, 0.15) is 49.0 Å². The lowest BCUT2D eigenvalue weighted by atomic mass is 9.87. The number of hydrogen-bond acceptors (Lipinski definition) is 2. The van der Waals surface area contributed by atoms with Crippen LogP contribution in [-0.2, 0) is 0 Å². The number of ketones is 1. The van der Waals surface area contributed by atoms with E-state index >= 15 is 0 Å². The van der Waals surface area contributed by atoms with Crippen molar-refractivity contribution in [1.29, 1.82) is 0 Å². The summed E-state index contributed by atoms with van der Waals surface area (Å²) in [5, 5.41) is 3.90. The van der Waals surface area contributed by atoms with Crippen LogP contribution in [0.2, 0.25) is 0 Å². The van der Waals surface area contributed by atoms with Gasteiger partial charge in [0.1, 0.15) is 0 Å². The number of alkyl halides is 3. The topological polar surface area (TPSA) is 34.9 Å². The molecule has 0 radical (unpaired) electrons. The number of carbonyl (C=O) groups excluding carboxylic acids is 1. The van der Waals surface area contributed by atoms with Crippen molar-refractivity contribution in [2.75, 3.05) is 0 Å². The summed E-state index contributed by atoms with van der Waals surface area (Å²) in [4.78, 5) is 11.0. The molecule has 18 heavy (non-hydrogen) atoms. The second kappa shape index (κ2) is 4.74. The molecule has 1 fully saturated rings. The highest BCUT2D eigenvalue weighted by atomic mass is 19.4. The van der Waals surface area contributed by atoms with Crippen molar-refractivity contribution in [2.24, 2.45) is 5.92 Å². The smallest absolute Gasteiger partial charge is 0.284 e. The Morgan fingerprint density at radius 3 is 2.50 bits per heavy atom. The molecule has 0 N–H and O–H groups in total. The zero-order valence-electron chi connectivity index (χ0n) is 10.1. The molecular weight excluding hydrogens is 245 g/mol. The summed E-state index contributed by atoms with van der Waals surface area (Å²) in [6.07, 6.45) is 1.31. The predicted molar refractivity (Wildman–Crippen MR) is 59.3 cm³/mol. The molecule has 1 aliphatic rings. The van der Waals surface area contributed by atoms with Crippen molar-refractivity contribution in [1.82, 2.24) is 9.78 Å². The Morgan fingerprint density at radius 2 is 1.94 bits per heavy atom. The third kappa shape index (κ3) is 2.73. The second-order valence-electron chi connectivity index (χ2n) is 4.95. The number of carbonyl (C=O) groups is 1. The standard InChI is InChI=1S/C12H15F3N2O/c1-8-2-4-10(5-3-8)17-7-9(6-16-17)11(18)12(13,14)15/h6-8,10H,2-5H2,1H3. The van der Waals surface area contributed by atoms with E-state index in [9.17, 15) is 18.0 Å². The molecule has 0 spiro atoms. The molecule has 1 aliphatic carbocycles. The van der Waals surface area contributed by atoms with Crippen LogP contribution in [0.3, 0.4) is 0 Å². The molecule has 0 unspecified atom stereocenters. The highest BCUT2D eigenvalue weighted by Gasteiger charge is 2.40. The van der Waals surface area contributed by atoms with Crippen LogP contribution in [0.25, 0.3) is 0 Å². The fraction of sp³-hybridized carbons (Fsp3) is 0.667. The summed E-state index contributed by atoms with van der Waals surface area (Å²) < 4.78 is 38.3. The van der Waals surface area contributed by atoms with Crippen molar-refractivity contribution in [3.05, 3.63) is 18.0 Å². The van der Waals surface area contributed by atoms with Gasteiger partial charge in [-0.15, -0.1) is 0 Å². The highest BCUT2D eigenvalue weighted by Crippen LogP contribution is 2.31. The van der Waals surface area contributed by atoms with Gasteiger partial charge >= 0.3 is 6.18 Å². The third-order valence-corrected chi connectivity index (χ3v) is 3.48. The van der Waals surface area contributed by atoms with Gasteiger partial charge in [0.2, 0.25) is 0 Å². The first kappa shape index (κ1) is 13.1. The molecule has 1 aromatic rings. The van der Waals surface area contributed by atoms with Gasteiger partial charge in [0.15, 0.2) is 0 Å². The van der Waals surface area contributed by atoms with Crippen molar-refractivity contribution >= 4 is 5.78 Å². The first-order valence-electron chi connectivity index (χ1n) is 6.03. The fourth-order valence-corrected chi connectivity index (χ4v) is 2.33. The Kier molecular flexibility index (Phi) is 3.45. The SMILES string of the molecule is CC1CCC(n2cc(C(=O)C(F)(F)F)cn2)CC1. The molecule has 0 aliphatic heterocycles. The number of Topliss-reactive ketones (excluding diaryl/α,β-unsaturated/α-hetero) is 1. The van der Waals surface area contributed by atoms with Gasteiger partial charge in [-0.3, -0.25) is 9.48 Å². The van der Waals surface area contributed by atoms with Gasteiger partial charge in [0.05, 0.1) is 17.8 Å². The summed E-state index contributed by atoms with van der Waals surface area (Å²) in [6.45, 7) is 2.16. The highest BCUT2D eigenvalue weighted by molar-refractivity contribution is 5.99. The van der Waals surface area contributed by atoms with Gasteiger partial charge in [-0.2, -0.15) is 18.3 Å². The summed E-state index contributed by atoms with van der Waals surface area (Å²) in [7, 11) is 0. The van der Waals surface area contributed by atoms with Crippen molar-refractivity contribution in [3.63, 3.8) is 0 Å². The summed E-state index contributed by atoms with van der Waals surface area (Å²) in [5.41, 5.74) is -0.374. The minimum absolute atomic E-state index is 0.121. The molecular formula is C12H15F3N2O. The summed E-state index contributed by atoms with van der Waals surface area (Å²) >= 11 is 0. The fourth-order valence-electron chi connectivity index (χ4n) is 2.33. The molecule has 1 aromatic heterocycles. The number of nitrogens with zero attached hydrogens (tertiary/aromatic N) is 2. The average Bonchev–Trinajstić information content (AvgIpc) is 2.77. The third-order valence-electron chi connectivity index (χ3n) is 3.48. The van der Waals surface area contributed by atoms with Crippen LogP contribution in [0.15, 0.2) is 12.4 Å². The van der Waals surface area contributed by atoms with E-state index in [4.69, 9.17) is 0 Å². The Morgan fingerprint density at radius 1 is 1.33 bits per heavy atom. The Balaban J connectivity index is 2.09. The van der Waals surface area contributed by atoms with Crippen LogP contribution in [-0.4, -0.2) is 21.7 Å². The lowest BCUT2D eigenvalue weighted by Crippen LogP contribution is -2.22. The molecule has 0 atom stereocenters. The molecule has 100 valence electrons. The second-order valence-corrected chi connectivity index (χ2v) is 4.95. The van der Waals surface area contributed by atoms with Crippen molar-refractivity contribution < 1.29 is 18.0 Å². The quantitative estimate of drug-likeness (QED) is 0.764. The maximum absolute atomic E-state index is 12.3. The minimum Gasteiger partial charge on any atom is -0.284 e. The zero-order chi connectivity index (χ0) is 13.3. The Hall–Kier alpha value is -1.33. The number of hydrogen-bond donors (Lipinski definition) is 0. The van der Waals surface area contributed by atoms with E-state index in [1.807, 2.05) is 0 Å². The largest absolute Gasteiger partial charge is 0.454 e. The van der Waals surface area contributed by atoms with Gasteiger partial charge < -0.3 is 0 Å². The molecule has 0 bridgehead atoms. The van der Waals surface area contributed by atoms with Crippen molar-refractivity contribution in [3.8, 4) is 0 Å². The first-order valence-corrected chi connectivity index (χ1v) is 6.03. The van der Waals surface area contributed by atoms with Gasteiger partial charge in [-0.1, -0.05) is 6.92 Å². The zero-order valence-corrected chi connectivity index (χ0v) is 10.1. The maximum atomic E-state index is 12.3. The predicted octanol–water partition coefficient (Wildman–Crippen LogP) is 3.38. The average molecular weight is 260 g/mol. The van der Waals surface area contributed by atoms with Gasteiger partial charge in [-0.25, -0.2) is 0 Å². The molecule has 0 amide bonds. The van der Waals surface area contributed by atoms with E-state index in [2.05, 4.69) is 12.0 Å². The maximum Gasteiger partial charge on any atom is 0.454 e. The van der Waals surface area contributed by atoms with Crippen LogP contribution < -0.4 is 0 Å². The molecule has 1 heterocycles. The van der Waals surface area contributed by atoms with E-state index in [-0.39, 0.29) is 11.6 Å². The van der Waals surface area contributed by atoms with Crippen LogP contribution in [0.4, 0.5) is 13.2 Å². The van der Waals surface area contributed by atoms with E-state index in [1.54, 1.807) is 0 Å². The van der Waals surface area contributed by atoms with E-state index in [0.29, 0.717) is 5.92 Å². The molecule has 6 heteroatoms. The lowest BCUT2D eigenvalue weighted by molar-refractivity contribution is -0.0885. The Bertz CT molecular complexity index is 431. The normalized spacial score (nSPS) is 25.1. The Labute approximate surface area is 103 Å². The van der Waals surface area contributed by atoms with Crippen LogP contribution in [0.5, 0.6) is 0 Å². The summed E-state index contributed by atoms with van der Waals surface area (Å²) in [5.74, 6) is -1.16. The van der Waals surface area contributed by atoms with Crippen LogP contribution in [0, 0.1) is 5.92 Å². The van der Waals surface area contributed by atoms with Gasteiger partial charge in [0.25, 0.3) is 5.78 Å². The van der Waals surface area contributed by atoms with E-state index < -0.39 is 12.0 Å². The van der Waals surface area contributed by atoms with Crippen molar-refractivity contribution in [2.45, 2.75) is 44.8 Å². The molecule has 0 saturated heterocycles. The monoisotopic (exact) mass is 260 g/mol. The minimum atomic E-state index is -4.82. The molecule has 2 rings (SSSR count). The van der Waals surface area contributed by atoms with Gasteiger partial charge in [0, 0.05) is 6.20 Å². The number of aromatic nitrogens is 2. The first-order chi connectivity index (χ1) is 8.38. The lowest BCUT2D eigenvalue weighted by Gasteiger charge is -2.26. The van der Waals surface area contributed by atoms with Gasteiger partial charge in [-0.05, 0) is 31.6 Å². The number of halogens is 3. The number of rotatable bonds is 2. The van der Waals surface area contributed by atoms with E-state index in [1.165, 1.54) is 10.9 Å².